The molecule has 0 saturated heterocycles. The molecular formula is C22H20N4O2. The van der Waals surface area contributed by atoms with E-state index in [0.29, 0.717) is 29.9 Å². The number of nitriles is 1. The van der Waals surface area contributed by atoms with Crippen LogP contribution in [0.3, 0.4) is 0 Å². The molecule has 1 N–H and O–H groups in total. The summed E-state index contributed by atoms with van der Waals surface area (Å²) in [6.45, 7) is 1.39. The number of rotatable bonds is 3. The van der Waals surface area contributed by atoms with Crippen LogP contribution in [0.4, 0.5) is 5.82 Å². The van der Waals surface area contributed by atoms with E-state index in [1.54, 1.807) is 12.1 Å². The number of anilines is 1. The number of hydrogen-bond acceptors (Lipinski definition) is 4. The molecule has 0 fully saturated rings. The lowest BCUT2D eigenvalue weighted by Crippen LogP contribution is -2.40. The zero-order chi connectivity index (χ0) is 19.7. The molecule has 0 saturated carbocycles. The molecular weight excluding hydrogens is 352 g/mol. The van der Waals surface area contributed by atoms with Crippen LogP contribution in [0.2, 0.25) is 0 Å². The second-order valence-corrected chi connectivity index (χ2v) is 7.05. The van der Waals surface area contributed by atoms with E-state index in [2.05, 4.69) is 28.1 Å². The van der Waals surface area contributed by atoms with Gasteiger partial charge >= 0.3 is 5.69 Å². The normalized spacial score (nSPS) is 13.1. The first-order valence-corrected chi connectivity index (χ1v) is 9.20. The molecule has 0 radical (unpaired) electrons. The van der Waals surface area contributed by atoms with Crippen LogP contribution in [0.1, 0.15) is 27.8 Å². The molecule has 1 aliphatic heterocycles. The average Bonchev–Trinajstić information content (AvgIpc) is 2.74. The third-order valence-electron chi connectivity index (χ3n) is 5.29. The van der Waals surface area contributed by atoms with Crippen LogP contribution in [0.15, 0.2) is 58.1 Å². The van der Waals surface area contributed by atoms with Crippen LogP contribution in [0, 0.1) is 11.3 Å². The number of hydrogen-bond donors (Lipinski definition) is 1. The fraction of sp³-hybridized carbons (Fsp3) is 0.227. The predicted molar refractivity (Wildman–Crippen MR) is 107 cm³/mol. The molecule has 4 rings (SSSR count). The fourth-order valence-corrected chi connectivity index (χ4v) is 3.67. The van der Waals surface area contributed by atoms with E-state index in [9.17, 15) is 9.59 Å². The summed E-state index contributed by atoms with van der Waals surface area (Å²) in [6, 6.07) is 17.5. The zero-order valence-corrected chi connectivity index (χ0v) is 15.6. The summed E-state index contributed by atoms with van der Waals surface area (Å²) >= 11 is 0. The van der Waals surface area contributed by atoms with E-state index in [0.717, 1.165) is 23.1 Å². The Kier molecular flexibility index (Phi) is 4.58. The van der Waals surface area contributed by atoms with Gasteiger partial charge < -0.3 is 4.90 Å². The summed E-state index contributed by atoms with van der Waals surface area (Å²) in [4.78, 5) is 30.2. The Balaban J connectivity index is 1.76. The Hall–Kier alpha value is -3.59. The van der Waals surface area contributed by atoms with Crippen molar-refractivity contribution in [3.05, 3.63) is 97.2 Å². The summed E-state index contributed by atoms with van der Waals surface area (Å²) in [6.07, 6.45) is 1.26. The van der Waals surface area contributed by atoms with Gasteiger partial charge in [-0.3, -0.25) is 14.3 Å². The van der Waals surface area contributed by atoms with Crippen molar-refractivity contribution in [2.75, 3.05) is 11.4 Å². The number of benzene rings is 2. The van der Waals surface area contributed by atoms with Gasteiger partial charge in [0.15, 0.2) is 0 Å². The lowest BCUT2D eigenvalue weighted by atomic mass is 9.99. The van der Waals surface area contributed by atoms with Crippen molar-refractivity contribution in [3.8, 4) is 6.07 Å². The summed E-state index contributed by atoms with van der Waals surface area (Å²) < 4.78 is 1.11. The second kappa shape index (κ2) is 7.20. The Morgan fingerprint density at radius 3 is 2.50 bits per heavy atom. The maximum absolute atomic E-state index is 12.9. The minimum atomic E-state index is -0.414. The maximum Gasteiger partial charge on any atom is 0.329 e. The van der Waals surface area contributed by atoms with Gasteiger partial charge in [-0.05, 0) is 35.2 Å². The predicted octanol–water partition coefficient (Wildman–Crippen LogP) is 2.10. The number of H-pyrrole nitrogens is 1. The number of fused-ring (bicyclic) bond motifs is 1. The molecule has 0 atom stereocenters. The van der Waals surface area contributed by atoms with E-state index in [1.807, 2.05) is 24.3 Å². The van der Waals surface area contributed by atoms with Crippen molar-refractivity contribution >= 4 is 5.82 Å². The fourth-order valence-electron chi connectivity index (χ4n) is 3.67. The molecule has 1 aliphatic rings. The first-order valence-electron chi connectivity index (χ1n) is 9.20. The Labute approximate surface area is 162 Å². The van der Waals surface area contributed by atoms with Crippen molar-refractivity contribution in [1.29, 1.82) is 5.26 Å². The van der Waals surface area contributed by atoms with Gasteiger partial charge in [-0.1, -0.05) is 36.4 Å². The minimum absolute atomic E-state index is 0.290. The van der Waals surface area contributed by atoms with Crippen LogP contribution in [0.25, 0.3) is 0 Å². The molecule has 0 bridgehead atoms. The first kappa shape index (κ1) is 17.8. The highest BCUT2D eigenvalue weighted by atomic mass is 16.2. The summed E-state index contributed by atoms with van der Waals surface area (Å²) in [5.74, 6) is 0.590. The van der Waals surface area contributed by atoms with Crippen molar-refractivity contribution in [3.63, 3.8) is 0 Å². The smallest absolute Gasteiger partial charge is 0.329 e. The lowest BCUT2D eigenvalue weighted by molar-refractivity contribution is 0.688. The summed E-state index contributed by atoms with van der Waals surface area (Å²) in [5, 5.41) is 8.97. The molecule has 0 spiro atoms. The van der Waals surface area contributed by atoms with Crippen LogP contribution in [0.5, 0.6) is 0 Å². The third kappa shape index (κ3) is 3.23. The Morgan fingerprint density at radius 1 is 1.07 bits per heavy atom. The van der Waals surface area contributed by atoms with Crippen molar-refractivity contribution < 1.29 is 0 Å². The number of nitrogens with one attached hydrogen (secondary N) is 1. The minimum Gasteiger partial charge on any atom is -0.353 e. The maximum atomic E-state index is 12.9. The molecule has 0 amide bonds. The number of nitrogens with zero attached hydrogens (tertiary/aromatic N) is 3. The largest absolute Gasteiger partial charge is 0.353 e. The van der Waals surface area contributed by atoms with E-state index in [4.69, 9.17) is 5.26 Å². The molecule has 1 aromatic heterocycles. The van der Waals surface area contributed by atoms with Gasteiger partial charge in [0, 0.05) is 26.6 Å². The Morgan fingerprint density at radius 2 is 1.79 bits per heavy atom. The van der Waals surface area contributed by atoms with Gasteiger partial charge in [-0.2, -0.15) is 5.26 Å². The van der Waals surface area contributed by atoms with Gasteiger partial charge in [0.25, 0.3) is 5.56 Å². The average molecular weight is 372 g/mol. The monoisotopic (exact) mass is 372 g/mol. The zero-order valence-electron chi connectivity index (χ0n) is 15.6. The molecule has 0 unspecified atom stereocenters. The molecule has 0 aliphatic carbocycles. The second-order valence-electron chi connectivity index (χ2n) is 7.05. The van der Waals surface area contributed by atoms with Crippen molar-refractivity contribution in [2.45, 2.75) is 19.4 Å². The van der Waals surface area contributed by atoms with Crippen LogP contribution in [-0.2, 0) is 26.4 Å². The topological polar surface area (TPSA) is 81.9 Å². The van der Waals surface area contributed by atoms with Gasteiger partial charge in [0.2, 0.25) is 0 Å². The first-order chi connectivity index (χ1) is 13.6. The van der Waals surface area contributed by atoms with Crippen LogP contribution >= 0.6 is 0 Å². The highest BCUT2D eigenvalue weighted by Crippen LogP contribution is 2.25. The van der Waals surface area contributed by atoms with E-state index in [1.165, 1.54) is 18.2 Å². The van der Waals surface area contributed by atoms with Crippen molar-refractivity contribution in [1.82, 2.24) is 9.55 Å². The number of aromatic amines is 1. The van der Waals surface area contributed by atoms with E-state index >= 15 is 0 Å². The molecule has 6 heteroatoms. The Bertz CT molecular complexity index is 1180. The van der Waals surface area contributed by atoms with Gasteiger partial charge in [0.1, 0.15) is 5.82 Å². The quantitative estimate of drug-likeness (QED) is 0.763. The molecule has 140 valence electrons. The van der Waals surface area contributed by atoms with E-state index in [-0.39, 0.29) is 5.56 Å². The number of aromatic nitrogens is 2. The molecule has 28 heavy (non-hydrogen) atoms. The van der Waals surface area contributed by atoms with Gasteiger partial charge in [0.05, 0.1) is 17.2 Å². The molecule has 3 aromatic rings. The van der Waals surface area contributed by atoms with Crippen molar-refractivity contribution in [2.24, 2.45) is 7.05 Å². The SMILES string of the molecule is Cn1c(=O)[nH]c(N2CCc3ccccc3C2)c(Cc2ccc(C#N)cc2)c1=O. The lowest BCUT2D eigenvalue weighted by Gasteiger charge is -2.31. The highest BCUT2D eigenvalue weighted by molar-refractivity contribution is 5.51. The standard InChI is InChI=1S/C22H20N4O2/c1-25-21(27)19(12-15-6-8-16(13-23)9-7-15)20(24-22(25)28)26-11-10-17-4-2-3-5-18(17)14-26/h2-9H,10-12,14H2,1H3,(H,24,28). The molecule has 2 heterocycles. The summed E-state index contributed by atoms with van der Waals surface area (Å²) in [7, 11) is 1.48. The van der Waals surface area contributed by atoms with Gasteiger partial charge in [-0.15, -0.1) is 0 Å². The van der Waals surface area contributed by atoms with Gasteiger partial charge in [-0.25, -0.2) is 4.79 Å². The van der Waals surface area contributed by atoms with Crippen LogP contribution in [-0.4, -0.2) is 16.1 Å². The van der Waals surface area contributed by atoms with Crippen LogP contribution < -0.4 is 16.1 Å². The van der Waals surface area contributed by atoms with E-state index < -0.39 is 5.69 Å². The molecule has 2 aromatic carbocycles. The molecule has 6 nitrogen and oxygen atoms in total. The highest BCUT2D eigenvalue weighted by Gasteiger charge is 2.22. The summed E-state index contributed by atoms with van der Waals surface area (Å²) in [5.41, 5.74) is 3.86. The third-order valence-corrected chi connectivity index (χ3v) is 5.29.